The number of ether oxygens (including phenoxy) is 1. The molecule has 3 aromatic rings. The molecule has 1 fully saturated rings. The lowest BCUT2D eigenvalue weighted by Gasteiger charge is -2.27. The maximum absolute atomic E-state index is 13.6. The molecule has 0 radical (unpaired) electrons. The van der Waals surface area contributed by atoms with Crippen molar-refractivity contribution < 1.29 is 13.9 Å². The maximum Gasteiger partial charge on any atom is 0.314 e. The molecule has 0 unspecified atom stereocenters. The van der Waals surface area contributed by atoms with E-state index in [0.29, 0.717) is 49.0 Å². The summed E-state index contributed by atoms with van der Waals surface area (Å²) in [5.41, 5.74) is 2.04. The summed E-state index contributed by atoms with van der Waals surface area (Å²) in [6, 6.07) is 9.79. The number of nitrogens with zero attached hydrogens (tertiary/aromatic N) is 5. The lowest BCUT2D eigenvalue weighted by atomic mass is 10.3. The van der Waals surface area contributed by atoms with Crippen LogP contribution in [0.15, 0.2) is 46.8 Å². The first kappa shape index (κ1) is 22.9. The Morgan fingerprint density at radius 3 is 2.79 bits per heavy atom. The Hall–Kier alpha value is -3.31. The fourth-order valence-corrected chi connectivity index (χ4v) is 4.36. The van der Waals surface area contributed by atoms with E-state index in [1.165, 1.54) is 23.5 Å². The van der Waals surface area contributed by atoms with Crippen LogP contribution in [0, 0.1) is 5.82 Å². The third-order valence-electron chi connectivity index (χ3n) is 5.04. The third-order valence-corrected chi connectivity index (χ3v) is 5.90. The normalized spacial score (nSPS) is 14.4. The number of aromatic nitrogens is 3. The van der Waals surface area contributed by atoms with Crippen molar-refractivity contribution in [2.45, 2.75) is 13.5 Å². The van der Waals surface area contributed by atoms with E-state index in [1.807, 2.05) is 29.0 Å². The number of morpholine rings is 1. The highest BCUT2D eigenvalue weighted by molar-refractivity contribution is 7.07. The molecule has 1 aliphatic rings. The number of carbonyl (C=O) groups is 1. The van der Waals surface area contributed by atoms with Crippen LogP contribution in [0.2, 0.25) is 0 Å². The van der Waals surface area contributed by atoms with Gasteiger partial charge in [0.2, 0.25) is 0 Å². The van der Waals surface area contributed by atoms with Crippen molar-refractivity contribution in [2.24, 2.45) is 4.99 Å². The first-order valence-electron chi connectivity index (χ1n) is 10.8. The minimum Gasteiger partial charge on any atom is -0.378 e. The van der Waals surface area contributed by atoms with Crippen LogP contribution in [-0.4, -0.2) is 60.2 Å². The van der Waals surface area contributed by atoms with Gasteiger partial charge in [-0.1, -0.05) is 6.07 Å². The number of thiazole rings is 1. The van der Waals surface area contributed by atoms with Crippen LogP contribution >= 0.6 is 11.3 Å². The Morgan fingerprint density at radius 2 is 2.06 bits per heavy atom. The molecule has 174 valence electrons. The summed E-state index contributed by atoms with van der Waals surface area (Å²) in [5.74, 6) is 0.466. The molecule has 0 spiro atoms. The van der Waals surface area contributed by atoms with E-state index in [0.717, 1.165) is 24.6 Å². The number of hydrogen-bond donors (Lipinski definition) is 2. The second-order valence-electron chi connectivity index (χ2n) is 7.31. The van der Waals surface area contributed by atoms with Crippen molar-refractivity contribution >= 4 is 28.9 Å². The van der Waals surface area contributed by atoms with Crippen LogP contribution in [0.4, 0.5) is 20.7 Å². The monoisotopic (exact) mass is 471 g/mol. The third kappa shape index (κ3) is 5.93. The van der Waals surface area contributed by atoms with Crippen molar-refractivity contribution in [3.8, 4) is 11.4 Å². The Bertz CT molecular complexity index is 1140. The number of hydrogen-bond acceptors (Lipinski definition) is 7. The van der Waals surface area contributed by atoms with Crippen LogP contribution < -0.4 is 20.3 Å². The van der Waals surface area contributed by atoms with Gasteiger partial charge in [0, 0.05) is 38.1 Å². The van der Waals surface area contributed by atoms with Crippen molar-refractivity contribution in [2.75, 3.05) is 44.3 Å². The summed E-state index contributed by atoms with van der Waals surface area (Å²) in [6.45, 7) is 6.20. The zero-order chi connectivity index (χ0) is 23.0. The summed E-state index contributed by atoms with van der Waals surface area (Å²) in [7, 11) is 0. The highest BCUT2D eigenvalue weighted by atomic mass is 32.1. The number of benzene rings is 1. The number of halogens is 1. The molecule has 0 aliphatic carbocycles. The van der Waals surface area contributed by atoms with E-state index in [4.69, 9.17) is 4.74 Å². The SMILES string of the molecule is CCNC(=O)NCCn1c(-c2ccc(N3CCOCC3)nn2)csc1=Nc1cccc(F)c1. The van der Waals surface area contributed by atoms with Gasteiger partial charge in [-0.3, -0.25) is 0 Å². The second kappa shape index (κ2) is 11.0. The van der Waals surface area contributed by atoms with E-state index in [1.54, 1.807) is 12.1 Å². The average Bonchev–Trinajstić information content (AvgIpc) is 3.22. The highest BCUT2D eigenvalue weighted by Gasteiger charge is 2.15. The summed E-state index contributed by atoms with van der Waals surface area (Å²) >= 11 is 1.42. The molecule has 0 saturated carbocycles. The predicted molar refractivity (Wildman–Crippen MR) is 125 cm³/mol. The molecule has 2 N–H and O–H groups in total. The van der Waals surface area contributed by atoms with E-state index in [9.17, 15) is 9.18 Å². The average molecular weight is 472 g/mol. The molecule has 4 rings (SSSR count). The molecule has 2 amide bonds. The maximum atomic E-state index is 13.6. The molecule has 1 aliphatic heterocycles. The van der Waals surface area contributed by atoms with Gasteiger partial charge in [-0.25, -0.2) is 14.2 Å². The quantitative estimate of drug-likeness (QED) is 0.552. The van der Waals surface area contributed by atoms with Gasteiger partial charge in [0.05, 0.1) is 24.6 Å². The van der Waals surface area contributed by atoms with Gasteiger partial charge < -0.3 is 24.8 Å². The van der Waals surface area contributed by atoms with Gasteiger partial charge in [-0.15, -0.1) is 21.5 Å². The molecule has 2 aromatic heterocycles. The fraction of sp³-hybridized carbons (Fsp3) is 0.364. The van der Waals surface area contributed by atoms with Crippen molar-refractivity contribution in [3.05, 3.63) is 52.4 Å². The Labute approximate surface area is 194 Å². The topological polar surface area (TPSA) is 96.7 Å². The summed E-state index contributed by atoms with van der Waals surface area (Å²) in [5, 5.41) is 16.3. The minimum absolute atomic E-state index is 0.229. The smallest absolute Gasteiger partial charge is 0.314 e. The van der Waals surface area contributed by atoms with E-state index >= 15 is 0 Å². The van der Waals surface area contributed by atoms with Gasteiger partial charge in [-0.05, 0) is 37.3 Å². The van der Waals surface area contributed by atoms with Crippen LogP contribution in [0.5, 0.6) is 0 Å². The fourth-order valence-electron chi connectivity index (χ4n) is 3.42. The Kier molecular flexibility index (Phi) is 7.63. The lowest BCUT2D eigenvalue weighted by molar-refractivity contribution is 0.122. The molecule has 1 aromatic carbocycles. The van der Waals surface area contributed by atoms with Crippen molar-refractivity contribution in [1.29, 1.82) is 0 Å². The van der Waals surface area contributed by atoms with Gasteiger partial charge in [0.15, 0.2) is 10.6 Å². The van der Waals surface area contributed by atoms with Gasteiger partial charge >= 0.3 is 6.03 Å². The Morgan fingerprint density at radius 1 is 1.21 bits per heavy atom. The molecule has 0 atom stereocenters. The first-order chi connectivity index (χ1) is 16.1. The first-order valence-corrected chi connectivity index (χ1v) is 11.7. The molecule has 3 heterocycles. The molecular weight excluding hydrogens is 445 g/mol. The predicted octanol–water partition coefficient (Wildman–Crippen LogP) is 2.53. The van der Waals surface area contributed by atoms with E-state index < -0.39 is 0 Å². The van der Waals surface area contributed by atoms with Gasteiger partial charge in [0.25, 0.3) is 0 Å². The number of nitrogens with one attached hydrogen (secondary N) is 2. The highest BCUT2D eigenvalue weighted by Crippen LogP contribution is 2.21. The van der Waals surface area contributed by atoms with E-state index in [2.05, 4.69) is 30.7 Å². The number of rotatable bonds is 7. The summed E-state index contributed by atoms with van der Waals surface area (Å²) in [6.07, 6.45) is 0. The van der Waals surface area contributed by atoms with E-state index in [-0.39, 0.29) is 11.8 Å². The van der Waals surface area contributed by atoms with Gasteiger partial charge in [0.1, 0.15) is 11.5 Å². The van der Waals surface area contributed by atoms with Crippen LogP contribution in [0.25, 0.3) is 11.4 Å². The Balaban J connectivity index is 1.62. The molecular formula is C22H26FN7O2S. The van der Waals surface area contributed by atoms with Gasteiger partial charge in [-0.2, -0.15) is 0 Å². The van der Waals surface area contributed by atoms with Crippen molar-refractivity contribution in [1.82, 2.24) is 25.4 Å². The summed E-state index contributed by atoms with van der Waals surface area (Å²) < 4.78 is 21.0. The zero-order valence-corrected chi connectivity index (χ0v) is 19.1. The largest absolute Gasteiger partial charge is 0.378 e. The molecule has 0 bridgehead atoms. The number of amides is 2. The molecule has 9 nitrogen and oxygen atoms in total. The summed E-state index contributed by atoms with van der Waals surface area (Å²) in [4.78, 5) is 19.2. The molecule has 1 saturated heterocycles. The second-order valence-corrected chi connectivity index (χ2v) is 8.15. The number of anilines is 1. The zero-order valence-electron chi connectivity index (χ0n) is 18.3. The number of carbonyl (C=O) groups excluding carboxylic acids is 1. The van der Waals surface area contributed by atoms with Crippen LogP contribution in [0.1, 0.15) is 6.92 Å². The van der Waals surface area contributed by atoms with Crippen molar-refractivity contribution in [3.63, 3.8) is 0 Å². The number of urea groups is 1. The standard InChI is InChI=1S/C22H26FN7O2S/c1-2-24-21(31)25-8-9-30-19(15-33-22(30)26-17-5-3-4-16(23)14-17)18-6-7-20(28-27-18)29-10-12-32-13-11-29/h3-7,14-15H,2,8-13H2,1H3,(H2,24,25,31). The lowest BCUT2D eigenvalue weighted by Crippen LogP contribution is -2.37. The molecule has 11 heteroatoms. The van der Waals surface area contributed by atoms with Crippen LogP contribution in [0.3, 0.4) is 0 Å². The molecule has 33 heavy (non-hydrogen) atoms. The van der Waals surface area contributed by atoms with Crippen LogP contribution in [-0.2, 0) is 11.3 Å². The minimum atomic E-state index is -0.345.